The van der Waals surface area contributed by atoms with E-state index in [1.165, 1.54) is 6.26 Å². The van der Waals surface area contributed by atoms with E-state index in [-0.39, 0.29) is 23.3 Å². The molecule has 1 spiro atoms. The van der Waals surface area contributed by atoms with Crippen molar-refractivity contribution in [1.82, 2.24) is 15.0 Å². The SMILES string of the molecule is CN(Cc1ccon1)C(=O)[C@@H]1[C@@H]2C=C[C@@]3(CN(CC(C)(C)C)C(=O)[C@H]13)O2. The van der Waals surface area contributed by atoms with Crippen LogP contribution in [0.5, 0.6) is 0 Å². The average molecular weight is 359 g/mol. The first-order valence-electron chi connectivity index (χ1n) is 9.00. The molecule has 2 fully saturated rings. The molecule has 26 heavy (non-hydrogen) atoms. The predicted molar refractivity (Wildman–Crippen MR) is 92.7 cm³/mol. The topological polar surface area (TPSA) is 75.9 Å². The van der Waals surface area contributed by atoms with E-state index in [2.05, 4.69) is 25.9 Å². The van der Waals surface area contributed by atoms with Crippen molar-refractivity contribution in [2.45, 2.75) is 39.0 Å². The lowest BCUT2D eigenvalue weighted by Gasteiger charge is -2.29. The van der Waals surface area contributed by atoms with Crippen molar-refractivity contribution in [3.63, 3.8) is 0 Å². The molecule has 1 aromatic rings. The number of aromatic nitrogens is 1. The van der Waals surface area contributed by atoms with Gasteiger partial charge in [0.15, 0.2) is 0 Å². The van der Waals surface area contributed by atoms with Gasteiger partial charge in [-0.1, -0.05) is 38.1 Å². The van der Waals surface area contributed by atoms with Gasteiger partial charge >= 0.3 is 0 Å². The molecule has 0 N–H and O–H groups in total. The fourth-order valence-corrected chi connectivity index (χ4v) is 4.46. The van der Waals surface area contributed by atoms with Crippen LogP contribution in [0.3, 0.4) is 0 Å². The third-order valence-electron chi connectivity index (χ3n) is 5.40. The van der Waals surface area contributed by atoms with Crippen molar-refractivity contribution in [2.24, 2.45) is 17.3 Å². The zero-order valence-corrected chi connectivity index (χ0v) is 15.6. The van der Waals surface area contributed by atoms with E-state index in [0.717, 1.165) is 0 Å². The number of hydrogen-bond acceptors (Lipinski definition) is 5. The van der Waals surface area contributed by atoms with Gasteiger partial charge in [0.05, 0.1) is 31.0 Å². The summed E-state index contributed by atoms with van der Waals surface area (Å²) in [5.74, 6) is -0.971. The van der Waals surface area contributed by atoms with Crippen molar-refractivity contribution in [2.75, 3.05) is 20.1 Å². The van der Waals surface area contributed by atoms with Gasteiger partial charge in [-0.15, -0.1) is 0 Å². The number of hydrogen-bond donors (Lipinski definition) is 0. The molecule has 3 aliphatic heterocycles. The summed E-state index contributed by atoms with van der Waals surface area (Å²) in [6, 6.07) is 1.73. The van der Waals surface area contributed by atoms with Crippen molar-refractivity contribution in [3.8, 4) is 0 Å². The molecule has 4 rings (SSSR count). The Morgan fingerprint density at radius 1 is 1.46 bits per heavy atom. The Kier molecular flexibility index (Phi) is 3.77. The van der Waals surface area contributed by atoms with E-state index in [9.17, 15) is 9.59 Å². The van der Waals surface area contributed by atoms with Crippen LogP contribution in [0.25, 0.3) is 0 Å². The minimum absolute atomic E-state index is 0.00406. The molecular weight excluding hydrogens is 334 g/mol. The third kappa shape index (κ3) is 2.65. The Morgan fingerprint density at radius 2 is 2.23 bits per heavy atom. The quantitative estimate of drug-likeness (QED) is 0.761. The maximum atomic E-state index is 13.1. The lowest BCUT2D eigenvalue weighted by molar-refractivity contribution is -0.143. The number of amides is 2. The normalized spacial score (nSPS) is 32.4. The Morgan fingerprint density at radius 3 is 2.88 bits per heavy atom. The molecule has 4 heterocycles. The maximum absolute atomic E-state index is 13.1. The molecule has 0 unspecified atom stereocenters. The average Bonchev–Trinajstić information content (AvgIpc) is 3.29. The highest BCUT2D eigenvalue weighted by molar-refractivity contribution is 5.93. The summed E-state index contributed by atoms with van der Waals surface area (Å²) in [5.41, 5.74) is 0.0279. The van der Waals surface area contributed by atoms with Gasteiger partial charge in [-0.2, -0.15) is 0 Å². The van der Waals surface area contributed by atoms with Crippen LogP contribution in [0, 0.1) is 17.3 Å². The number of nitrogens with zero attached hydrogens (tertiary/aromatic N) is 3. The summed E-state index contributed by atoms with van der Waals surface area (Å²) in [5, 5.41) is 3.86. The van der Waals surface area contributed by atoms with Crippen LogP contribution in [-0.4, -0.2) is 58.6 Å². The summed E-state index contributed by atoms with van der Waals surface area (Å²) in [6.07, 6.45) is 5.09. The molecular formula is C19H25N3O4. The second-order valence-corrected chi connectivity index (χ2v) is 8.84. The summed E-state index contributed by atoms with van der Waals surface area (Å²) in [4.78, 5) is 29.7. The van der Waals surface area contributed by atoms with Gasteiger partial charge in [0, 0.05) is 19.7 Å². The van der Waals surface area contributed by atoms with E-state index in [0.29, 0.717) is 25.3 Å². The van der Waals surface area contributed by atoms with Gasteiger partial charge in [0.1, 0.15) is 17.6 Å². The molecule has 7 nitrogen and oxygen atoms in total. The zero-order chi connectivity index (χ0) is 18.7. The second-order valence-electron chi connectivity index (χ2n) is 8.84. The molecule has 0 aliphatic carbocycles. The molecule has 0 saturated carbocycles. The third-order valence-corrected chi connectivity index (χ3v) is 5.40. The van der Waals surface area contributed by atoms with Gasteiger partial charge in [-0.3, -0.25) is 9.59 Å². The number of fused-ring (bicyclic) bond motifs is 1. The molecule has 2 bridgehead atoms. The Hall–Kier alpha value is -2.15. The molecule has 2 amide bonds. The minimum atomic E-state index is -0.651. The van der Waals surface area contributed by atoms with E-state index in [1.54, 1.807) is 18.0 Å². The van der Waals surface area contributed by atoms with E-state index in [1.807, 2.05) is 17.1 Å². The Balaban J connectivity index is 1.56. The lowest BCUT2D eigenvalue weighted by Crippen LogP contribution is -2.45. The van der Waals surface area contributed by atoms with Gasteiger partial charge < -0.3 is 19.1 Å². The maximum Gasteiger partial charge on any atom is 0.230 e. The van der Waals surface area contributed by atoms with Crippen LogP contribution in [0.1, 0.15) is 26.5 Å². The standard InChI is InChI=1S/C19H25N3O4/c1-18(2,3)10-22-11-19-7-5-13(26-19)14(15(19)17(22)24)16(23)21(4)9-12-6-8-25-20-12/h5-8,13-15H,9-11H2,1-4H3/t13-,14+,15-,19-/m0/s1. The predicted octanol–water partition coefficient (Wildman–Crippen LogP) is 1.46. The molecule has 3 aliphatic rings. The van der Waals surface area contributed by atoms with Gasteiger partial charge in [0.25, 0.3) is 0 Å². The molecule has 1 aromatic heterocycles. The van der Waals surface area contributed by atoms with Crippen LogP contribution in [0.4, 0.5) is 0 Å². The first-order valence-corrected chi connectivity index (χ1v) is 9.00. The molecule has 140 valence electrons. The van der Waals surface area contributed by atoms with E-state index < -0.39 is 17.4 Å². The molecule has 0 radical (unpaired) electrons. The van der Waals surface area contributed by atoms with Crippen molar-refractivity contribution < 1.29 is 18.8 Å². The Labute approximate surface area is 152 Å². The van der Waals surface area contributed by atoms with Crippen LogP contribution in [-0.2, 0) is 20.9 Å². The summed E-state index contributed by atoms with van der Waals surface area (Å²) in [6.45, 7) is 7.85. The Bertz CT molecular complexity index is 751. The number of ether oxygens (including phenoxy) is 1. The highest BCUT2D eigenvalue weighted by atomic mass is 16.5. The molecule has 4 atom stereocenters. The number of carbonyl (C=O) groups is 2. The van der Waals surface area contributed by atoms with Crippen molar-refractivity contribution in [1.29, 1.82) is 0 Å². The van der Waals surface area contributed by atoms with Crippen molar-refractivity contribution >= 4 is 11.8 Å². The summed E-state index contributed by atoms with van der Waals surface area (Å²) >= 11 is 0. The number of carbonyl (C=O) groups excluding carboxylic acids is 2. The van der Waals surface area contributed by atoms with Crippen LogP contribution in [0.2, 0.25) is 0 Å². The highest BCUT2D eigenvalue weighted by Gasteiger charge is 2.67. The van der Waals surface area contributed by atoms with Crippen LogP contribution >= 0.6 is 0 Å². The first kappa shape index (κ1) is 17.3. The number of rotatable bonds is 4. The minimum Gasteiger partial charge on any atom is -0.364 e. The highest BCUT2D eigenvalue weighted by Crippen LogP contribution is 2.52. The smallest absolute Gasteiger partial charge is 0.230 e. The largest absolute Gasteiger partial charge is 0.364 e. The van der Waals surface area contributed by atoms with Gasteiger partial charge in [-0.25, -0.2) is 0 Å². The fraction of sp³-hybridized carbons (Fsp3) is 0.632. The van der Waals surface area contributed by atoms with Crippen molar-refractivity contribution in [3.05, 3.63) is 30.2 Å². The van der Waals surface area contributed by atoms with E-state index in [4.69, 9.17) is 9.26 Å². The first-order chi connectivity index (χ1) is 12.2. The van der Waals surface area contributed by atoms with Gasteiger partial charge in [0.2, 0.25) is 11.8 Å². The summed E-state index contributed by atoms with van der Waals surface area (Å²) < 4.78 is 11.0. The van der Waals surface area contributed by atoms with Gasteiger partial charge in [-0.05, 0) is 5.41 Å². The monoisotopic (exact) mass is 359 g/mol. The van der Waals surface area contributed by atoms with Crippen LogP contribution in [0.15, 0.2) is 29.0 Å². The molecule has 0 aromatic carbocycles. The van der Waals surface area contributed by atoms with Crippen LogP contribution < -0.4 is 0 Å². The summed E-state index contributed by atoms with van der Waals surface area (Å²) in [7, 11) is 1.73. The molecule has 2 saturated heterocycles. The number of likely N-dealkylation sites (tertiary alicyclic amines) is 1. The second kappa shape index (κ2) is 5.67. The molecule has 7 heteroatoms. The zero-order valence-electron chi connectivity index (χ0n) is 15.6. The fourth-order valence-electron chi connectivity index (χ4n) is 4.46. The lowest BCUT2D eigenvalue weighted by atomic mass is 9.76. The van der Waals surface area contributed by atoms with E-state index >= 15 is 0 Å².